The number of methoxy groups -OCH3 is 1. The van der Waals surface area contributed by atoms with E-state index in [-0.39, 0.29) is 32.9 Å². The first kappa shape index (κ1) is 29.6. The van der Waals surface area contributed by atoms with E-state index in [2.05, 4.69) is 14.9 Å². The van der Waals surface area contributed by atoms with E-state index in [1.807, 2.05) is 7.05 Å². The molecule has 14 heteroatoms. The summed E-state index contributed by atoms with van der Waals surface area (Å²) < 4.78 is 65.5. The van der Waals surface area contributed by atoms with Crippen LogP contribution in [0.1, 0.15) is 0 Å². The normalized spacial score (nSPS) is 14.9. The third-order valence-electron chi connectivity index (χ3n) is 6.15. The van der Waals surface area contributed by atoms with Crippen molar-refractivity contribution in [2.45, 2.75) is 9.79 Å². The van der Waals surface area contributed by atoms with Gasteiger partial charge in [-0.25, -0.2) is 16.8 Å². The van der Waals surface area contributed by atoms with E-state index in [1.165, 1.54) is 72.1 Å². The van der Waals surface area contributed by atoms with Gasteiger partial charge in [0, 0.05) is 31.9 Å². The van der Waals surface area contributed by atoms with E-state index in [9.17, 15) is 21.6 Å². The topological polar surface area (TPSA) is 134 Å². The average molecular weight is 609 g/mol. The minimum atomic E-state index is -3.89. The van der Waals surface area contributed by atoms with Gasteiger partial charge >= 0.3 is 0 Å². The van der Waals surface area contributed by atoms with Crippen molar-refractivity contribution < 1.29 is 31.1 Å². The zero-order valence-corrected chi connectivity index (χ0v) is 24.2. The molecule has 3 aromatic rings. The second kappa shape index (κ2) is 12.4. The summed E-state index contributed by atoms with van der Waals surface area (Å²) in [5, 5.41) is 2.91. The molecule has 1 aliphatic heterocycles. The Hall–Kier alpha value is -3.36. The smallest absolute Gasteiger partial charge is 0.262 e. The van der Waals surface area contributed by atoms with Crippen molar-refractivity contribution in [3.05, 3.63) is 71.8 Å². The lowest BCUT2D eigenvalue weighted by Gasteiger charge is -2.31. The number of sulfonamides is 2. The van der Waals surface area contributed by atoms with Crippen LogP contribution in [0, 0.1) is 0 Å². The molecule has 40 heavy (non-hydrogen) atoms. The van der Waals surface area contributed by atoms with Crippen molar-refractivity contribution in [2.75, 3.05) is 57.0 Å². The number of halogens is 1. The number of likely N-dealkylation sites (N-methyl/N-ethyl adjacent to an activating group) is 1. The predicted molar refractivity (Wildman–Crippen MR) is 152 cm³/mol. The first-order chi connectivity index (χ1) is 19.0. The summed E-state index contributed by atoms with van der Waals surface area (Å²) in [7, 11) is -4.09. The lowest BCUT2D eigenvalue weighted by molar-refractivity contribution is -0.118. The summed E-state index contributed by atoms with van der Waals surface area (Å²) in [6, 6.07) is 16.0. The summed E-state index contributed by atoms with van der Waals surface area (Å²) in [4.78, 5) is 14.6. The summed E-state index contributed by atoms with van der Waals surface area (Å²) in [6.45, 7) is 1.85. The van der Waals surface area contributed by atoms with Gasteiger partial charge in [-0.15, -0.1) is 0 Å². The molecule has 0 unspecified atom stereocenters. The molecule has 0 atom stereocenters. The highest BCUT2D eigenvalue weighted by Gasteiger charge is 2.27. The van der Waals surface area contributed by atoms with Crippen LogP contribution in [0.25, 0.3) is 0 Å². The van der Waals surface area contributed by atoms with Gasteiger partial charge in [0.25, 0.3) is 15.9 Å². The fourth-order valence-corrected chi connectivity index (χ4v) is 6.62. The van der Waals surface area contributed by atoms with E-state index in [4.69, 9.17) is 21.1 Å². The van der Waals surface area contributed by atoms with E-state index in [0.717, 1.165) is 0 Å². The summed E-state index contributed by atoms with van der Waals surface area (Å²) >= 11 is 6.06. The number of anilines is 2. The van der Waals surface area contributed by atoms with Crippen molar-refractivity contribution in [3.8, 4) is 11.5 Å². The third-order valence-corrected chi connectivity index (χ3v) is 9.75. The molecule has 3 aromatic carbocycles. The SMILES string of the molecule is COc1ccc(NS(=O)(=O)c2ccc(OCC(=O)Nc3ccc(S(=O)(=O)N4CCN(C)CC4)cc3)cc2)cc1Cl. The predicted octanol–water partition coefficient (Wildman–Crippen LogP) is 3.10. The Morgan fingerprint density at radius 3 is 2.08 bits per heavy atom. The van der Waals surface area contributed by atoms with Gasteiger partial charge < -0.3 is 19.7 Å². The van der Waals surface area contributed by atoms with E-state index in [1.54, 1.807) is 6.07 Å². The molecule has 0 spiro atoms. The fraction of sp³-hybridized carbons (Fsp3) is 0.269. The maximum absolute atomic E-state index is 12.8. The van der Waals surface area contributed by atoms with Crippen LogP contribution in [-0.2, 0) is 24.8 Å². The zero-order chi connectivity index (χ0) is 28.9. The van der Waals surface area contributed by atoms with Crippen molar-refractivity contribution in [2.24, 2.45) is 0 Å². The molecule has 214 valence electrons. The van der Waals surface area contributed by atoms with Crippen LogP contribution < -0.4 is 19.5 Å². The van der Waals surface area contributed by atoms with E-state index < -0.39 is 26.0 Å². The van der Waals surface area contributed by atoms with Crippen LogP contribution in [0.2, 0.25) is 5.02 Å². The third kappa shape index (κ3) is 7.23. The highest BCUT2D eigenvalue weighted by atomic mass is 35.5. The first-order valence-electron chi connectivity index (χ1n) is 12.2. The minimum absolute atomic E-state index is 0.0112. The molecular formula is C26H29ClN4O7S2. The Labute approximate surface area is 238 Å². The van der Waals surface area contributed by atoms with Gasteiger partial charge in [-0.3, -0.25) is 9.52 Å². The van der Waals surface area contributed by atoms with Gasteiger partial charge in [0.1, 0.15) is 11.5 Å². The van der Waals surface area contributed by atoms with Gasteiger partial charge in [-0.2, -0.15) is 4.31 Å². The monoisotopic (exact) mass is 608 g/mol. The highest BCUT2D eigenvalue weighted by Crippen LogP contribution is 2.29. The molecule has 0 aliphatic carbocycles. The van der Waals surface area contributed by atoms with Gasteiger partial charge in [0.15, 0.2) is 6.61 Å². The molecular weight excluding hydrogens is 580 g/mol. The van der Waals surface area contributed by atoms with E-state index >= 15 is 0 Å². The second-order valence-electron chi connectivity index (χ2n) is 8.99. The molecule has 1 fully saturated rings. The number of nitrogens with one attached hydrogen (secondary N) is 2. The molecule has 1 aliphatic rings. The minimum Gasteiger partial charge on any atom is -0.495 e. The lowest BCUT2D eigenvalue weighted by Crippen LogP contribution is -2.46. The quantitative estimate of drug-likeness (QED) is 0.359. The standard InChI is InChI=1S/C26H29ClN4O7S2/c1-30-13-15-31(16-14-30)40(35,36)23-8-3-19(4-9-23)28-26(32)18-38-21-6-10-22(11-7-21)39(33,34)29-20-5-12-25(37-2)24(27)17-20/h3-12,17,29H,13-16,18H2,1-2H3,(H,28,32). The number of rotatable bonds is 10. The first-order valence-corrected chi connectivity index (χ1v) is 15.5. The van der Waals surface area contributed by atoms with Crippen LogP contribution in [0.5, 0.6) is 11.5 Å². The molecule has 4 rings (SSSR count). The second-order valence-corrected chi connectivity index (χ2v) is 13.0. The van der Waals surface area contributed by atoms with Crippen LogP contribution in [-0.4, -0.2) is 78.9 Å². The lowest BCUT2D eigenvalue weighted by atomic mass is 10.3. The average Bonchev–Trinajstić information content (AvgIpc) is 2.92. The van der Waals surface area contributed by atoms with Gasteiger partial charge in [-0.05, 0) is 73.8 Å². The molecule has 1 amide bonds. The van der Waals surface area contributed by atoms with Gasteiger partial charge in [-0.1, -0.05) is 11.6 Å². The number of piperazine rings is 1. The number of nitrogens with zero attached hydrogens (tertiary/aromatic N) is 2. The molecule has 0 bridgehead atoms. The van der Waals surface area contributed by atoms with Crippen LogP contribution in [0.3, 0.4) is 0 Å². The zero-order valence-electron chi connectivity index (χ0n) is 21.8. The highest BCUT2D eigenvalue weighted by molar-refractivity contribution is 7.92. The summed E-state index contributed by atoms with van der Waals surface area (Å²) in [6.07, 6.45) is 0. The summed E-state index contributed by atoms with van der Waals surface area (Å²) in [5.41, 5.74) is 0.685. The molecule has 1 heterocycles. The van der Waals surface area contributed by atoms with Crippen molar-refractivity contribution in [3.63, 3.8) is 0 Å². The number of carbonyl (C=O) groups is 1. The number of ether oxygens (including phenoxy) is 2. The molecule has 11 nitrogen and oxygen atoms in total. The maximum atomic E-state index is 12.8. The van der Waals surface area contributed by atoms with Gasteiger partial charge in [0.05, 0.1) is 27.6 Å². The summed E-state index contributed by atoms with van der Waals surface area (Å²) in [5.74, 6) is 0.237. The Kier molecular flexibility index (Phi) is 9.21. The van der Waals surface area contributed by atoms with E-state index in [0.29, 0.717) is 37.6 Å². The number of hydrogen-bond donors (Lipinski definition) is 2. The Morgan fingerprint density at radius 1 is 0.875 bits per heavy atom. The van der Waals surface area contributed by atoms with Crippen LogP contribution in [0.4, 0.5) is 11.4 Å². The molecule has 0 radical (unpaired) electrons. The Bertz CT molecular complexity index is 1560. The largest absolute Gasteiger partial charge is 0.495 e. The number of hydrogen-bond acceptors (Lipinski definition) is 8. The number of amides is 1. The van der Waals surface area contributed by atoms with Crippen molar-refractivity contribution in [1.29, 1.82) is 0 Å². The maximum Gasteiger partial charge on any atom is 0.262 e. The Morgan fingerprint density at radius 2 is 1.48 bits per heavy atom. The Balaban J connectivity index is 1.30. The fourth-order valence-electron chi connectivity index (χ4n) is 3.89. The molecule has 2 N–H and O–H groups in total. The molecule has 1 saturated heterocycles. The van der Waals surface area contributed by atoms with Gasteiger partial charge in [0.2, 0.25) is 10.0 Å². The van der Waals surface area contributed by atoms with Crippen molar-refractivity contribution >= 4 is 48.9 Å². The number of carbonyl (C=O) groups excluding carboxylic acids is 1. The van der Waals surface area contributed by atoms with Crippen LogP contribution >= 0.6 is 11.6 Å². The number of benzene rings is 3. The van der Waals surface area contributed by atoms with Crippen LogP contribution in [0.15, 0.2) is 76.5 Å². The molecule has 0 saturated carbocycles. The molecule has 0 aromatic heterocycles. The van der Waals surface area contributed by atoms with Crippen molar-refractivity contribution in [1.82, 2.24) is 9.21 Å².